The molecule has 1 aliphatic carbocycles. The minimum atomic E-state index is -0.597. The molecule has 1 atom stereocenters. The zero-order valence-electron chi connectivity index (χ0n) is 18.9. The number of fused-ring (bicyclic) bond motifs is 1. The minimum Gasteiger partial charge on any atom is -0.390 e. The number of ether oxygens (including phenoxy) is 1. The van der Waals surface area contributed by atoms with Crippen molar-refractivity contribution in [3.63, 3.8) is 0 Å². The summed E-state index contributed by atoms with van der Waals surface area (Å²) in [7, 11) is 0. The Bertz CT molecular complexity index is 1050. The Labute approximate surface area is 189 Å². The highest BCUT2D eigenvalue weighted by atomic mass is 16.5. The van der Waals surface area contributed by atoms with E-state index in [4.69, 9.17) is 9.72 Å². The van der Waals surface area contributed by atoms with Gasteiger partial charge in [-0.1, -0.05) is 18.2 Å². The van der Waals surface area contributed by atoms with Crippen LogP contribution in [-0.2, 0) is 4.74 Å². The van der Waals surface area contributed by atoms with Crippen molar-refractivity contribution >= 4 is 28.5 Å². The molecule has 0 spiro atoms. The Kier molecular flexibility index (Phi) is 5.78. The third kappa shape index (κ3) is 4.45. The summed E-state index contributed by atoms with van der Waals surface area (Å²) >= 11 is 0. The van der Waals surface area contributed by atoms with Crippen molar-refractivity contribution in [1.82, 2.24) is 14.5 Å². The molecule has 1 aliphatic heterocycles. The van der Waals surface area contributed by atoms with Gasteiger partial charge in [0.15, 0.2) is 0 Å². The topological polar surface area (TPSA) is 84.2 Å². The standard InChI is InChI=1S/C25H33N5O2/c1-25(2,31)17-8-10-19(11-9-17)27-23-14-22-21(15-26-23)29-24(28-18-6-4-3-5-7-18)30(22)20-12-13-32-16-20/h3-7,14-15,17,19-20,31H,8-13,16H2,1-2H3,(H,26,27)(H,28,29)/t17?,19?,20-/m0/s1. The molecular formula is C25H33N5O2. The van der Waals surface area contributed by atoms with Crippen LogP contribution in [0.1, 0.15) is 52.0 Å². The second kappa shape index (κ2) is 8.71. The summed E-state index contributed by atoms with van der Waals surface area (Å²) in [6, 6.07) is 12.9. The van der Waals surface area contributed by atoms with Crippen LogP contribution in [0.25, 0.3) is 11.0 Å². The second-order valence-corrected chi connectivity index (χ2v) is 9.72. The number of para-hydroxylation sites is 1. The van der Waals surface area contributed by atoms with Crippen LogP contribution < -0.4 is 10.6 Å². The number of pyridine rings is 1. The van der Waals surface area contributed by atoms with Gasteiger partial charge in [0.05, 0.1) is 30.0 Å². The highest BCUT2D eigenvalue weighted by molar-refractivity contribution is 5.81. The number of benzene rings is 1. The molecule has 7 nitrogen and oxygen atoms in total. The fraction of sp³-hybridized carbons (Fsp3) is 0.520. The summed E-state index contributed by atoms with van der Waals surface area (Å²) in [5, 5.41) is 17.4. The summed E-state index contributed by atoms with van der Waals surface area (Å²) in [5.74, 6) is 2.08. The van der Waals surface area contributed by atoms with E-state index >= 15 is 0 Å². The van der Waals surface area contributed by atoms with E-state index in [2.05, 4.69) is 26.3 Å². The molecule has 1 saturated carbocycles. The van der Waals surface area contributed by atoms with Gasteiger partial charge in [0, 0.05) is 24.4 Å². The van der Waals surface area contributed by atoms with Crippen LogP contribution in [-0.4, -0.2) is 44.5 Å². The van der Waals surface area contributed by atoms with Gasteiger partial charge in [-0.15, -0.1) is 0 Å². The number of hydrogen-bond acceptors (Lipinski definition) is 6. The first-order valence-electron chi connectivity index (χ1n) is 11.7. The van der Waals surface area contributed by atoms with Crippen LogP contribution in [0.5, 0.6) is 0 Å². The lowest BCUT2D eigenvalue weighted by atomic mass is 9.77. The second-order valence-electron chi connectivity index (χ2n) is 9.72. The van der Waals surface area contributed by atoms with Gasteiger partial charge in [-0.25, -0.2) is 9.97 Å². The largest absolute Gasteiger partial charge is 0.390 e. The van der Waals surface area contributed by atoms with Gasteiger partial charge in [-0.3, -0.25) is 0 Å². The Balaban J connectivity index is 1.40. The number of nitrogens with one attached hydrogen (secondary N) is 2. The normalized spacial score (nSPS) is 24.0. The fourth-order valence-corrected chi connectivity index (χ4v) is 5.07. The van der Waals surface area contributed by atoms with Gasteiger partial charge in [0.1, 0.15) is 11.3 Å². The zero-order valence-corrected chi connectivity index (χ0v) is 18.9. The van der Waals surface area contributed by atoms with E-state index in [0.717, 1.165) is 67.2 Å². The molecule has 1 saturated heterocycles. The van der Waals surface area contributed by atoms with Crippen molar-refractivity contribution in [2.45, 2.75) is 63.6 Å². The number of nitrogens with zero attached hydrogens (tertiary/aromatic N) is 3. The van der Waals surface area contributed by atoms with Crippen LogP contribution in [0, 0.1) is 5.92 Å². The van der Waals surface area contributed by atoms with Crippen molar-refractivity contribution in [2.24, 2.45) is 5.92 Å². The Morgan fingerprint density at radius 3 is 2.56 bits per heavy atom. The lowest BCUT2D eigenvalue weighted by Crippen LogP contribution is -2.37. The molecule has 3 N–H and O–H groups in total. The van der Waals surface area contributed by atoms with Crippen molar-refractivity contribution in [3.05, 3.63) is 42.6 Å². The number of aliphatic hydroxyl groups is 1. The van der Waals surface area contributed by atoms with Gasteiger partial charge >= 0.3 is 0 Å². The van der Waals surface area contributed by atoms with Crippen molar-refractivity contribution < 1.29 is 9.84 Å². The lowest BCUT2D eigenvalue weighted by Gasteiger charge is -2.36. The molecule has 7 heteroatoms. The number of rotatable bonds is 6. The first-order valence-corrected chi connectivity index (χ1v) is 11.7. The summed E-state index contributed by atoms with van der Waals surface area (Å²) in [6.45, 7) is 5.32. The molecule has 2 aromatic heterocycles. The molecule has 3 heterocycles. The smallest absolute Gasteiger partial charge is 0.208 e. The molecule has 0 radical (unpaired) electrons. The third-order valence-electron chi connectivity index (χ3n) is 6.95. The predicted molar refractivity (Wildman–Crippen MR) is 127 cm³/mol. The summed E-state index contributed by atoms with van der Waals surface area (Å²) in [4.78, 5) is 9.52. The number of aromatic nitrogens is 3. The molecular weight excluding hydrogens is 402 g/mol. The maximum Gasteiger partial charge on any atom is 0.208 e. The molecule has 2 fully saturated rings. The van der Waals surface area contributed by atoms with Gasteiger partial charge in [0.25, 0.3) is 0 Å². The van der Waals surface area contributed by atoms with E-state index in [1.807, 2.05) is 50.4 Å². The average Bonchev–Trinajstić information content (AvgIpc) is 3.41. The van der Waals surface area contributed by atoms with Crippen LogP contribution in [0.15, 0.2) is 42.6 Å². The van der Waals surface area contributed by atoms with Gasteiger partial charge < -0.3 is 25.0 Å². The van der Waals surface area contributed by atoms with Crippen molar-refractivity contribution in [2.75, 3.05) is 23.8 Å². The highest BCUT2D eigenvalue weighted by Crippen LogP contribution is 2.35. The maximum absolute atomic E-state index is 10.3. The maximum atomic E-state index is 10.3. The molecule has 1 aromatic carbocycles. The Morgan fingerprint density at radius 2 is 1.88 bits per heavy atom. The highest BCUT2D eigenvalue weighted by Gasteiger charge is 2.31. The van der Waals surface area contributed by atoms with E-state index in [1.165, 1.54) is 0 Å². The molecule has 0 unspecified atom stereocenters. The van der Waals surface area contributed by atoms with Gasteiger partial charge in [-0.05, 0) is 64.0 Å². The van der Waals surface area contributed by atoms with Gasteiger partial charge in [0.2, 0.25) is 5.95 Å². The monoisotopic (exact) mass is 435 g/mol. The van der Waals surface area contributed by atoms with E-state index in [0.29, 0.717) is 18.6 Å². The molecule has 0 amide bonds. The number of anilines is 3. The van der Waals surface area contributed by atoms with E-state index < -0.39 is 5.60 Å². The molecule has 2 aliphatic rings. The van der Waals surface area contributed by atoms with Crippen LogP contribution >= 0.6 is 0 Å². The lowest BCUT2D eigenvalue weighted by molar-refractivity contribution is -0.000401. The third-order valence-corrected chi connectivity index (χ3v) is 6.95. The fourth-order valence-electron chi connectivity index (χ4n) is 5.07. The first-order chi connectivity index (χ1) is 15.5. The Morgan fingerprint density at radius 1 is 1.09 bits per heavy atom. The molecule has 32 heavy (non-hydrogen) atoms. The molecule has 5 rings (SSSR count). The van der Waals surface area contributed by atoms with Crippen LogP contribution in [0.2, 0.25) is 0 Å². The SMILES string of the molecule is CC(C)(O)C1CCC(Nc2cc3c(cn2)nc(Nc2ccccc2)n3[C@H]2CCOC2)CC1. The molecule has 170 valence electrons. The minimum absolute atomic E-state index is 0.253. The zero-order chi connectivity index (χ0) is 22.1. The summed E-state index contributed by atoms with van der Waals surface area (Å²) in [6.07, 6.45) is 7.00. The molecule has 3 aromatic rings. The number of imidazole rings is 1. The van der Waals surface area contributed by atoms with Crippen molar-refractivity contribution in [1.29, 1.82) is 0 Å². The first kappa shape index (κ1) is 21.2. The summed E-state index contributed by atoms with van der Waals surface area (Å²) < 4.78 is 7.97. The predicted octanol–water partition coefficient (Wildman–Crippen LogP) is 4.88. The number of hydrogen-bond donors (Lipinski definition) is 3. The molecule has 0 bridgehead atoms. The van der Waals surface area contributed by atoms with Gasteiger partial charge in [-0.2, -0.15) is 0 Å². The summed E-state index contributed by atoms with van der Waals surface area (Å²) in [5.41, 5.74) is 2.37. The quantitative estimate of drug-likeness (QED) is 0.512. The average molecular weight is 436 g/mol. The van der Waals surface area contributed by atoms with Crippen LogP contribution in [0.4, 0.5) is 17.5 Å². The van der Waals surface area contributed by atoms with Crippen molar-refractivity contribution in [3.8, 4) is 0 Å². The van der Waals surface area contributed by atoms with E-state index in [-0.39, 0.29) is 6.04 Å². The Hall–Kier alpha value is -2.64. The van der Waals surface area contributed by atoms with Crippen LogP contribution in [0.3, 0.4) is 0 Å². The van der Waals surface area contributed by atoms with E-state index in [1.54, 1.807) is 0 Å². The van der Waals surface area contributed by atoms with E-state index in [9.17, 15) is 5.11 Å².